The van der Waals surface area contributed by atoms with E-state index in [1.165, 1.54) is 6.07 Å². The molecule has 1 aromatic heterocycles. The summed E-state index contributed by atoms with van der Waals surface area (Å²) < 4.78 is 46.0. The van der Waals surface area contributed by atoms with Crippen LogP contribution in [0.25, 0.3) is 0 Å². The maximum absolute atomic E-state index is 13.3. The second-order valence-electron chi connectivity index (χ2n) is 9.43. The average molecular weight is 508 g/mol. The van der Waals surface area contributed by atoms with E-state index in [1.807, 2.05) is 12.3 Å². The van der Waals surface area contributed by atoms with Crippen LogP contribution in [0.2, 0.25) is 0 Å². The number of anilines is 2. The number of nitro benzene ring substituents is 1. The van der Waals surface area contributed by atoms with Crippen LogP contribution in [0.5, 0.6) is 5.75 Å². The van der Waals surface area contributed by atoms with Gasteiger partial charge in [-0.05, 0) is 50.8 Å². The van der Waals surface area contributed by atoms with Crippen LogP contribution in [0.4, 0.5) is 30.2 Å². The zero-order chi connectivity index (χ0) is 25.7. The molecule has 0 unspecified atom stereocenters. The summed E-state index contributed by atoms with van der Waals surface area (Å²) in [4.78, 5) is 19.1. The molecule has 196 valence electrons. The van der Waals surface area contributed by atoms with Crippen molar-refractivity contribution in [2.24, 2.45) is 0 Å². The summed E-state index contributed by atoms with van der Waals surface area (Å²) >= 11 is 0. The molecular formula is C25H32F3N5O3. The topological polar surface area (TPSA) is 83.8 Å². The highest BCUT2D eigenvalue weighted by Crippen LogP contribution is 2.38. The Morgan fingerprint density at radius 1 is 1.11 bits per heavy atom. The molecule has 2 aromatic rings. The largest absolute Gasteiger partial charge is 0.489 e. The molecule has 1 saturated carbocycles. The van der Waals surface area contributed by atoms with Crippen molar-refractivity contribution in [3.05, 3.63) is 52.3 Å². The van der Waals surface area contributed by atoms with Crippen LogP contribution in [0.3, 0.4) is 0 Å². The van der Waals surface area contributed by atoms with E-state index in [0.29, 0.717) is 0 Å². The number of benzene rings is 1. The summed E-state index contributed by atoms with van der Waals surface area (Å²) in [5, 5.41) is 14.1. The molecule has 1 saturated heterocycles. The molecule has 0 bridgehead atoms. The van der Waals surface area contributed by atoms with E-state index in [4.69, 9.17) is 4.74 Å². The van der Waals surface area contributed by atoms with E-state index >= 15 is 0 Å². The second kappa shape index (κ2) is 11.3. The average Bonchev–Trinajstić information content (AvgIpc) is 2.85. The van der Waals surface area contributed by atoms with Gasteiger partial charge in [-0.25, -0.2) is 0 Å². The smallest absolute Gasteiger partial charge is 0.423 e. The molecule has 2 heterocycles. The SMILES string of the molecule is CCCN1CCN(c2cncc(O[C@H]3CC[C@H](Nc4ccc([N+](=O)[O-])c(C(F)(F)F)c4)CC3)c2)CC1. The van der Waals surface area contributed by atoms with Gasteiger partial charge in [-0.3, -0.25) is 20.0 Å². The lowest BCUT2D eigenvalue weighted by Gasteiger charge is -2.36. The van der Waals surface area contributed by atoms with Gasteiger partial charge in [0.25, 0.3) is 5.69 Å². The highest BCUT2D eigenvalue weighted by atomic mass is 19.4. The van der Waals surface area contributed by atoms with Crippen molar-refractivity contribution >= 4 is 17.1 Å². The molecule has 0 radical (unpaired) electrons. The van der Waals surface area contributed by atoms with Crippen LogP contribution in [-0.4, -0.2) is 59.7 Å². The molecule has 1 N–H and O–H groups in total. The van der Waals surface area contributed by atoms with Crippen molar-refractivity contribution in [1.29, 1.82) is 0 Å². The van der Waals surface area contributed by atoms with Crippen LogP contribution < -0.4 is 15.0 Å². The number of aromatic nitrogens is 1. The Morgan fingerprint density at radius 3 is 2.47 bits per heavy atom. The van der Waals surface area contributed by atoms with Gasteiger partial charge in [0, 0.05) is 50.0 Å². The standard InChI is InChI=1S/C25H32F3N5O3/c1-2-9-31-10-12-32(13-11-31)20-15-22(17-29-16-20)36-21-6-3-18(4-7-21)30-19-5-8-24(33(34)35)23(14-19)25(26,27)28/h5,8,14-18,21,30H,2-4,6-7,9-13H2,1H3/t18-,21-. The molecule has 0 amide bonds. The fourth-order valence-electron chi connectivity index (χ4n) is 4.96. The summed E-state index contributed by atoms with van der Waals surface area (Å²) in [5.74, 6) is 0.727. The van der Waals surface area contributed by atoms with Crippen LogP contribution in [-0.2, 0) is 6.18 Å². The normalized spacial score (nSPS) is 21.3. The van der Waals surface area contributed by atoms with Gasteiger partial charge in [-0.2, -0.15) is 13.2 Å². The van der Waals surface area contributed by atoms with E-state index in [9.17, 15) is 23.3 Å². The van der Waals surface area contributed by atoms with Gasteiger partial charge in [-0.15, -0.1) is 0 Å². The minimum Gasteiger partial charge on any atom is -0.489 e. The third-order valence-electron chi connectivity index (χ3n) is 6.82. The van der Waals surface area contributed by atoms with Gasteiger partial charge >= 0.3 is 6.18 Å². The first kappa shape index (κ1) is 26.0. The van der Waals surface area contributed by atoms with Crippen LogP contribution in [0.15, 0.2) is 36.7 Å². The van der Waals surface area contributed by atoms with Crippen molar-refractivity contribution in [3.63, 3.8) is 0 Å². The first-order valence-corrected chi connectivity index (χ1v) is 12.4. The Labute approximate surface area is 208 Å². The molecule has 8 nitrogen and oxygen atoms in total. The van der Waals surface area contributed by atoms with Gasteiger partial charge in [0.15, 0.2) is 0 Å². The van der Waals surface area contributed by atoms with Gasteiger partial charge < -0.3 is 15.0 Å². The summed E-state index contributed by atoms with van der Waals surface area (Å²) in [7, 11) is 0. The summed E-state index contributed by atoms with van der Waals surface area (Å²) in [6, 6.07) is 5.05. The van der Waals surface area contributed by atoms with Crippen molar-refractivity contribution in [1.82, 2.24) is 9.88 Å². The zero-order valence-corrected chi connectivity index (χ0v) is 20.3. The van der Waals surface area contributed by atoms with Crippen molar-refractivity contribution in [3.8, 4) is 5.75 Å². The molecule has 2 aliphatic rings. The highest BCUT2D eigenvalue weighted by molar-refractivity contribution is 5.55. The maximum Gasteiger partial charge on any atom is 0.423 e. The van der Waals surface area contributed by atoms with E-state index in [1.54, 1.807) is 6.20 Å². The second-order valence-corrected chi connectivity index (χ2v) is 9.43. The molecular weight excluding hydrogens is 475 g/mol. The molecule has 4 rings (SSSR count). The molecule has 11 heteroatoms. The number of nitrogens with zero attached hydrogens (tertiary/aromatic N) is 4. The summed E-state index contributed by atoms with van der Waals surface area (Å²) in [6.45, 7) is 7.31. The molecule has 0 atom stereocenters. The predicted molar refractivity (Wildman–Crippen MR) is 132 cm³/mol. The Bertz CT molecular complexity index is 1040. The number of nitrogens with one attached hydrogen (secondary N) is 1. The minimum atomic E-state index is -4.79. The molecule has 1 aliphatic heterocycles. The summed E-state index contributed by atoms with van der Waals surface area (Å²) in [5.41, 5.74) is -0.900. The molecule has 1 aromatic carbocycles. The number of ether oxygens (including phenoxy) is 1. The van der Waals surface area contributed by atoms with Crippen LogP contribution in [0.1, 0.15) is 44.6 Å². The number of hydrogen-bond donors (Lipinski definition) is 1. The lowest BCUT2D eigenvalue weighted by Crippen LogP contribution is -2.46. The van der Waals surface area contributed by atoms with E-state index in [-0.39, 0.29) is 17.8 Å². The van der Waals surface area contributed by atoms with Crippen LogP contribution in [0, 0.1) is 10.1 Å². The number of piperazine rings is 1. The Balaban J connectivity index is 1.30. The highest BCUT2D eigenvalue weighted by Gasteiger charge is 2.38. The molecule has 0 spiro atoms. The third kappa shape index (κ3) is 6.57. The van der Waals surface area contributed by atoms with Gasteiger partial charge in [0.05, 0.1) is 29.1 Å². The van der Waals surface area contributed by atoms with Gasteiger partial charge in [-0.1, -0.05) is 6.92 Å². The van der Waals surface area contributed by atoms with Crippen molar-refractivity contribution < 1.29 is 22.8 Å². The molecule has 1 aliphatic carbocycles. The van der Waals surface area contributed by atoms with E-state index in [0.717, 1.165) is 88.4 Å². The maximum atomic E-state index is 13.3. The molecule has 36 heavy (non-hydrogen) atoms. The van der Waals surface area contributed by atoms with Gasteiger partial charge in [0.1, 0.15) is 11.3 Å². The Morgan fingerprint density at radius 2 is 1.83 bits per heavy atom. The lowest BCUT2D eigenvalue weighted by atomic mass is 9.92. The van der Waals surface area contributed by atoms with Crippen LogP contribution >= 0.6 is 0 Å². The number of nitro groups is 1. The van der Waals surface area contributed by atoms with Gasteiger partial charge in [0.2, 0.25) is 0 Å². The van der Waals surface area contributed by atoms with Crippen molar-refractivity contribution in [2.75, 3.05) is 42.9 Å². The lowest BCUT2D eigenvalue weighted by molar-refractivity contribution is -0.388. The Hall–Kier alpha value is -3.08. The zero-order valence-electron chi connectivity index (χ0n) is 20.3. The molecule has 2 fully saturated rings. The minimum absolute atomic E-state index is 0.00379. The van der Waals surface area contributed by atoms with E-state index < -0.39 is 22.4 Å². The third-order valence-corrected chi connectivity index (χ3v) is 6.82. The monoisotopic (exact) mass is 507 g/mol. The van der Waals surface area contributed by atoms with E-state index in [2.05, 4.69) is 27.0 Å². The fraction of sp³-hybridized carbons (Fsp3) is 0.560. The first-order valence-electron chi connectivity index (χ1n) is 12.4. The quantitative estimate of drug-likeness (QED) is 0.381. The Kier molecular flexibility index (Phi) is 8.17. The number of hydrogen-bond acceptors (Lipinski definition) is 7. The first-order chi connectivity index (χ1) is 17.2. The predicted octanol–water partition coefficient (Wildman–Crippen LogP) is 5.34. The number of alkyl halides is 3. The fourth-order valence-corrected chi connectivity index (χ4v) is 4.96. The number of pyridine rings is 1. The number of halogens is 3. The number of rotatable bonds is 8. The van der Waals surface area contributed by atoms with Crippen molar-refractivity contribution in [2.45, 2.75) is 57.3 Å². The summed E-state index contributed by atoms with van der Waals surface area (Å²) in [6.07, 6.45) is 2.88.